The first kappa shape index (κ1) is 30.5. The second-order valence-corrected chi connectivity index (χ2v) is 12.4. The van der Waals surface area contributed by atoms with Crippen molar-refractivity contribution in [3.8, 4) is 0 Å². The molecule has 2 amide bonds. The molecule has 0 bridgehead atoms. The molecule has 0 aliphatic heterocycles. The monoisotopic (exact) mass is 589 g/mol. The Bertz CT molecular complexity index is 1410. The maximum Gasteiger partial charge on any atom is 0.264 e. The Balaban J connectivity index is 2.02. The molecule has 3 rings (SSSR count). The van der Waals surface area contributed by atoms with E-state index < -0.39 is 28.5 Å². The van der Waals surface area contributed by atoms with E-state index in [4.69, 9.17) is 23.2 Å². The van der Waals surface area contributed by atoms with Crippen LogP contribution >= 0.6 is 23.2 Å². The number of nitrogens with zero attached hydrogens (tertiary/aromatic N) is 2. The molecule has 0 aromatic heterocycles. The zero-order chi connectivity index (χ0) is 28.7. The van der Waals surface area contributed by atoms with Crippen molar-refractivity contribution in [2.45, 2.75) is 45.2 Å². The van der Waals surface area contributed by atoms with Crippen LogP contribution in [-0.2, 0) is 26.2 Å². The van der Waals surface area contributed by atoms with Crippen molar-refractivity contribution in [2.75, 3.05) is 17.4 Å². The first-order chi connectivity index (χ1) is 18.4. The predicted molar refractivity (Wildman–Crippen MR) is 156 cm³/mol. The van der Waals surface area contributed by atoms with E-state index in [1.54, 1.807) is 61.5 Å². The third-order valence-corrected chi connectivity index (χ3v) is 8.53. The van der Waals surface area contributed by atoms with Crippen molar-refractivity contribution in [3.63, 3.8) is 0 Å². The highest BCUT2D eigenvalue weighted by Gasteiger charge is 2.33. The number of carbonyl (C=O) groups excluding carboxylic acids is 2. The zero-order valence-electron chi connectivity index (χ0n) is 22.4. The molecule has 0 aliphatic rings. The van der Waals surface area contributed by atoms with Gasteiger partial charge in [0.1, 0.15) is 12.6 Å². The van der Waals surface area contributed by atoms with Gasteiger partial charge in [0.2, 0.25) is 11.8 Å². The number of rotatable bonds is 11. The highest BCUT2D eigenvalue weighted by atomic mass is 35.5. The second-order valence-electron chi connectivity index (χ2n) is 9.73. The normalized spacial score (nSPS) is 12.2. The van der Waals surface area contributed by atoms with E-state index in [0.29, 0.717) is 22.2 Å². The minimum absolute atomic E-state index is 0.0166. The van der Waals surface area contributed by atoms with Gasteiger partial charge in [-0.25, -0.2) is 8.42 Å². The van der Waals surface area contributed by atoms with Gasteiger partial charge in [0.25, 0.3) is 10.0 Å². The third-order valence-electron chi connectivity index (χ3n) is 6.13. The highest BCUT2D eigenvalue weighted by Crippen LogP contribution is 2.27. The van der Waals surface area contributed by atoms with Gasteiger partial charge in [0.05, 0.1) is 10.6 Å². The number of carbonyl (C=O) groups is 2. The zero-order valence-corrected chi connectivity index (χ0v) is 24.7. The number of nitrogens with one attached hydrogen (secondary N) is 1. The van der Waals surface area contributed by atoms with Gasteiger partial charge in [-0.3, -0.25) is 13.9 Å². The fourth-order valence-corrected chi connectivity index (χ4v) is 5.63. The summed E-state index contributed by atoms with van der Waals surface area (Å²) in [4.78, 5) is 28.3. The van der Waals surface area contributed by atoms with Crippen molar-refractivity contribution < 1.29 is 18.0 Å². The molecule has 39 heavy (non-hydrogen) atoms. The summed E-state index contributed by atoms with van der Waals surface area (Å²) in [6.45, 7) is 7.31. The Morgan fingerprint density at radius 2 is 1.59 bits per heavy atom. The van der Waals surface area contributed by atoms with E-state index in [2.05, 4.69) is 5.32 Å². The molecule has 1 unspecified atom stereocenters. The third kappa shape index (κ3) is 7.97. The van der Waals surface area contributed by atoms with Crippen molar-refractivity contribution in [3.05, 3.63) is 94.0 Å². The average molecular weight is 591 g/mol. The molecule has 10 heteroatoms. The van der Waals surface area contributed by atoms with Crippen LogP contribution in [0.1, 0.15) is 31.9 Å². The van der Waals surface area contributed by atoms with Crippen LogP contribution in [0.4, 0.5) is 5.69 Å². The molecule has 208 valence electrons. The summed E-state index contributed by atoms with van der Waals surface area (Å²) in [5, 5.41) is 3.61. The molecule has 0 saturated heterocycles. The Morgan fingerprint density at radius 3 is 2.21 bits per heavy atom. The lowest BCUT2D eigenvalue weighted by molar-refractivity contribution is -0.139. The fourth-order valence-electron chi connectivity index (χ4n) is 3.84. The van der Waals surface area contributed by atoms with Crippen LogP contribution in [0, 0.1) is 12.8 Å². The summed E-state index contributed by atoms with van der Waals surface area (Å²) in [6.07, 6.45) is 0. The molecule has 0 heterocycles. The number of sulfonamides is 1. The summed E-state index contributed by atoms with van der Waals surface area (Å²) < 4.78 is 28.7. The summed E-state index contributed by atoms with van der Waals surface area (Å²) in [5.74, 6) is -0.704. The van der Waals surface area contributed by atoms with E-state index in [0.717, 1.165) is 9.87 Å². The van der Waals surface area contributed by atoms with Crippen molar-refractivity contribution in [2.24, 2.45) is 5.92 Å². The summed E-state index contributed by atoms with van der Waals surface area (Å²) >= 11 is 12.6. The van der Waals surface area contributed by atoms with E-state index in [-0.39, 0.29) is 29.0 Å². The number of hydrogen-bond donors (Lipinski definition) is 1. The van der Waals surface area contributed by atoms with Crippen LogP contribution in [-0.4, -0.2) is 44.3 Å². The van der Waals surface area contributed by atoms with Gasteiger partial charge in [0, 0.05) is 23.1 Å². The Labute approximate surface area is 240 Å². The summed E-state index contributed by atoms with van der Waals surface area (Å²) in [6, 6.07) is 18.8. The average Bonchev–Trinajstić information content (AvgIpc) is 2.89. The first-order valence-electron chi connectivity index (χ1n) is 12.6. The van der Waals surface area contributed by atoms with Gasteiger partial charge in [-0.15, -0.1) is 0 Å². The summed E-state index contributed by atoms with van der Waals surface area (Å²) in [7, 11) is -4.16. The van der Waals surface area contributed by atoms with Crippen LogP contribution in [0.3, 0.4) is 0 Å². The molecular weight excluding hydrogens is 557 g/mol. The molecule has 0 saturated carbocycles. The highest BCUT2D eigenvalue weighted by molar-refractivity contribution is 7.92. The molecular formula is C29H33Cl2N3O4S. The Kier molecular flexibility index (Phi) is 10.4. The lowest BCUT2D eigenvalue weighted by Crippen LogP contribution is -2.51. The van der Waals surface area contributed by atoms with Gasteiger partial charge in [-0.1, -0.05) is 79.0 Å². The number of hydrogen-bond acceptors (Lipinski definition) is 4. The van der Waals surface area contributed by atoms with Gasteiger partial charge in [-0.2, -0.15) is 0 Å². The van der Waals surface area contributed by atoms with Gasteiger partial charge in [-0.05, 0) is 61.7 Å². The maximum absolute atomic E-state index is 13.9. The lowest BCUT2D eigenvalue weighted by Gasteiger charge is -2.32. The van der Waals surface area contributed by atoms with Crippen LogP contribution in [0.25, 0.3) is 0 Å². The van der Waals surface area contributed by atoms with Crippen molar-refractivity contribution in [1.82, 2.24) is 10.2 Å². The largest absolute Gasteiger partial charge is 0.354 e. The van der Waals surface area contributed by atoms with Crippen LogP contribution in [0.5, 0.6) is 0 Å². The predicted octanol–water partition coefficient (Wildman–Crippen LogP) is 5.69. The molecule has 1 N–H and O–H groups in total. The minimum atomic E-state index is -4.16. The quantitative estimate of drug-likeness (QED) is 0.311. The van der Waals surface area contributed by atoms with E-state index in [1.165, 1.54) is 23.1 Å². The number of aryl methyl sites for hydroxylation is 1. The topological polar surface area (TPSA) is 86.8 Å². The van der Waals surface area contributed by atoms with Gasteiger partial charge >= 0.3 is 0 Å². The number of halogens is 2. The SMILES string of the molecule is Cc1ccc(S(=O)(=O)N(CC(=O)N(Cc2ccccc2Cl)C(C)C(=O)NCC(C)C)c2cccc(Cl)c2)cc1. The fraction of sp³-hybridized carbons (Fsp3) is 0.310. The van der Waals surface area contributed by atoms with E-state index in [1.807, 2.05) is 20.8 Å². The molecule has 0 radical (unpaired) electrons. The van der Waals surface area contributed by atoms with Gasteiger partial charge in [0.15, 0.2) is 0 Å². The molecule has 3 aromatic rings. The van der Waals surface area contributed by atoms with Crippen LogP contribution in [0.2, 0.25) is 10.0 Å². The molecule has 3 aromatic carbocycles. The minimum Gasteiger partial charge on any atom is -0.354 e. The standard InChI is InChI=1S/C29H33Cl2N3O4S/c1-20(2)17-32-29(36)22(4)33(18-23-8-5-6-11-27(23)31)28(35)19-34(25-10-7-9-24(30)16-25)39(37,38)26-14-12-21(3)13-15-26/h5-16,20,22H,17-19H2,1-4H3,(H,32,36). The van der Waals surface area contributed by atoms with Gasteiger partial charge < -0.3 is 10.2 Å². The molecule has 1 atom stereocenters. The lowest BCUT2D eigenvalue weighted by atomic mass is 10.1. The van der Waals surface area contributed by atoms with Crippen molar-refractivity contribution in [1.29, 1.82) is 0 Å². The molecule has 7 nitrogen and oxygen atoms in total. The van der Waals surface area contributed by atoms with E-state index >= 15 is 0 Å². The smallest absolute Gasteiger partial charge is 0.264 e. The van der Waals surface area contributed by atoms with Crippen LogP contribution < -0.4 is 9.62 Å². The maximum atomic E-state index is 13.9. The molecule has 0 aliphatic carbocycles. The van der Waals surface area contributed by atoms with E-state index in [9.17, 15) is 18.0 Å². The molecule has 0 spiro atoms. The Hall–Kier alpha value is -3.07. The molecule has 0 fully saturated rings. The van der Waals surface area contributed by atoms with Crippen LogP contribution in [0.15, 0.2) is 77.7 Å². The second kappa shape index (κ2) is 13.3. The number of benzene rings is 3. The number of anilines is 1. The Morgan fingerprint density at radius 1 is 0.923 bits per heavy atom. The van der Waals surface area contributed by atoms with Crippen molar-refractivity contribution >= 4 is 50.7 Å². The number of amides is 2. The summed E-state index contributed by atoms with van der Waals surface area (Å²) in [5.41, 5.74) is 1.75. The first-order valence-corrected chi connectivity index (χ1v) is 14.7.